The topological polar surface area (TPSA) is 89.4 Å². The van der Waals surface area contributed by atoms with E-state index >= 15 is 0 Å². The van der Waals surface area contributed by atoms with Crippen molar-refractivity contribution in [3.8, 4) is 5.88 Å². The van der Waals surface area contributed by atoms with Crippen molar-refractivity contribution >= 4 is 29.0 Å². The summed E-state index contributed by atoms with van der Waals surface area (Å²) in [7, 11) is 0. The second-order valence-corrected chi connectivity index (χ2v) is 5.98. The second kappa shape index (κ2) is 9.16. The highest BCUT2D eigenvalue weighted by Crippen LogP contribution is 2.18. The average Bonchev–Trinajstić information content (AvgIpc) is 2.70. The molecule has 0 unspecified atom stereocenters. The van der Waals surface area contributed by atoms with Gasteiger partial charge >= 0.3 is 0 Å². The Kier molecular flexibility index (Phi) is 6.40. The van der Waals surface area contributed by atoms with Gasteiger partial charge in [0.1, 0.15) is 23.0 Å². The first-order valence-electron chi connectivity index (χ1n) is 8.41. The third-order valence-corrected chi connectivity index (χ3v) is 3.99. The van der Waals surface area contributed by atoms with Gasteiger partial charge in [0.15, 0.2) is 5.15 Å². The van der Waals surface area contributed by atoms with Crippen molar-refractivity contribution in [1.29, 1.82) is 0 Å². The molecule has 0 fully saturated rings. The van der Waals surface area contributed by atoms with Gasteiger partial charge in [0.2, 0.25) is 0 Å². The first-order chi connectivity index (χ1) is 14.0. The van der Waals surface area contributed by atoms with Crippen LogP contribution in [0.5, 0.6) is 5.88 Å². The van der Waals surface area contributed by atoms with E-state index in [1.54, 1.807) is 6.07 Å². The molecule has 2 heterocycles. The van der Waals surface area contributed by atoms with Crippen molar-refractivity contribution in [3.63, 3.8) is 0 Å². The van der Waals surface area contributed by atoms with Crippen LogP contribution in [0.3, 0.4) is 0 Å². The van der Waals surface area contributed by atoms with E-state index in [0.717, 1.165) is 12.1 Å². The van der Waals surface area contributed by atoms with Crippen LogP contribution in [0.4, 0.5) is 14.6 Å². The highest BCUT2D eigenvalue weighted by Gasteiger charge is 2.17. The summed E-state index contributed by atoms with van der Waals surface area (Å²) >= 11 is 5.87. The molecule has 0 aliphatic carbocycles. The van der Waals surface area contributed by atoms with Crippen molar-refractivity contribution in [2.24, 2.45) is 5.16 Å². The minimum Gasteiger partial charge on any atom is -0.333 e. The summed E-state index contributed by atoms with van der Waals surface area (Å²) in [4.78, 5) is 29.2. The van der Waals surface area contributed by atoms with E-state index in [-0.39, 0.29) is 16.9 Å². The fourth-order valence-corrected chi connectivity index (χ4v) is 2.46. The van der Waals surface area contributed by atoms with Crippen LogP contribution in [-0.2, 0) is 0 Å². The highest BCUT2D eigenvalue weighted by molar-refractivity contribution is 6.30. The van der Waals surface area contributed by atoms with Gasteiger partial charge in [-0.05, 0) is 30.7 Å². The smallest absolute Gasteiger partial charge is 0.286 e. The van der Waals surface area contributed by atoms with E-state index in [2.05, 4.69) is 25.4 Å². The Hall–Kier alpha value is -3.46. The molecular formula is C19H14ClF2N5O2. The molecule has 0 saturated heterocycles. The SMILES string of the molecule is CC/C(=N/Oc1nccnc1Cl)c1ccc(NC(=O)c2c(F)cccc2F)nc1. The number of hydrogen-bond acceptors (Lipinski definition) is 6. The first-order valence-corrected chi connectivity index (χ1v) is 8.79. The number of amides is 1. The molecule has 3 aromatic rings. The van der Waals surface area contributed by atoms with E-state index < -0.39 is 23.1 Å². The number of oxime groups is 1. The summed E-state index contributed by atoms with van der Waals surface area (Å²) in [5, 5.41) is 6.43. The van der Waals surface area contributed by atoms with E-state index in [0.29, 0.717) is 17.7 Å². The largest absolute Gasteiger partial charge is 0.333 e. The van der Waals surface area contributed by atoms with Gasteiger partial charge in [0, 0.05) is 24.2 Å². The zero-order chi connectivity index (χ0) is 20.8. The minimum absolute atomic E-state index is 0.0591. The van der Waals surface area contributed by atoms with Gasteiger partial charge in [-0.2, -0.15) is 0 Å². The molecule has 1 amide bonds. The van der Waals surface area contributed by atoms with Crippen molar-refractivity contribution in [3.05, 3.63) is 76.8 Å². The number of benzene rings is 1. The van der Waals surface area contributed by atoms with Crippen LogP contribution in [0.15, 0.2) is 54.1 Å². The Morgan fingerprint density at radius 3 is 2.48 bits per heavy atom. The number of nitrogens with zero attached hydrogens (tertiary/aromatic N) is 4. The standard InChI is InChI=1S/C19H14ClF2N5O2/c1-2-14(27-29-19-17(20)23-8-9-24-19)11-6-7-15(25-10-11)26-18(28)16-12(21)4-3-5-13(16)22/h3-10H,2H2,1H3,(H,25,26,28)/b27-14-. The lowest BCUT2D eigenvalue weighted by molar-refractivity contribution is 0.101. The van der Waals surface area contributed by atoms with Crippen LogP contribution < -0.4 is 10.2 Å². The van der Waals surface area contributed by atoms with Gasteiger partial charge in [-0.1, -0.05) is 29.7 Å². The highest BCUT2D eigenvalue weighted by atomic mass is 35.5. The fourth-order valence-electron chi connectivity index (χ4n) is 2.32. The zero-order valence-electron chi connectivity index (χ0n) is 15.1. The predicted molar refractivity (Wildman–Crippen MR) is 103 cm³/mol. The lowest BCUT2D eigenvalue weighted by Crippen LogP contribution is -2.16. The number of nitrogens with one attached hydrogen (secondary N) is 1. The molecule has 1 aromatic carbocycles. The number of hydrogen-bond donors (Lipinski definition) is 1. The molecule has 0 atom stereocenters. The average molecular weight is 418 g/mol. The molecule has 0 aliphatic rings. The van der Waals surface area contributed by atoms with Crippen molar-refractivity contribution in [2.75, 3.05) is 5.32 Å². The number of aromatic nitrogens is 3. The van der Waals surface area contributed by atoms with E-state index in [4.69, 9.17) is 16.4 Å². The molecular weight excluding hydrogens is 404 g/mol. The van der Waals surface area contributed by atoms with Crippen LogP contribution >= 0.6 is 11.6 Å². The molecule has 0 spiro atoms. The molecule has 29 heavy (non-hydrogen) atoms. The molecule has 0 bridgehead atoms. The molecule has 7 nitrogen and oxygen atoms in total. The van der Waals surface area contributed by atoms with Crippen molar-refractivity contribution < 1.29 is 18.4 Å². The lowest BCUT2D eigenvalue weighted by atomic mass is 10.1. The molecule has 0 aliphatic heterocycles. The third-order valence-electron chi connectivity index (χ3n) is 3.73. The van der Waals surface area contributed by atoms with Gasteiger partial charge in [-0.15, -0.1) is 0 Å². The number of rotatable bonds is 6. The van der Waals surface area contributed by atoms with Crippen LogP contribution in [0.25, 0.3) is 0 Å². The number of carbonyl (C=O) groups is 1. The number of halogens is 3. The molecule has 148 valence electrons. The van der Waals surface area contributed by atoms with Crippen LogP contribution in [-0.4, -0.2) is 26.6 Å². The molecule has 3 rings (SSSR count). The lowest BCUT2D eigenvalue weighted by Gasteiger charge is -2.08. The Balaban J connectivity index is 1.74. The van der Waals surface area contributed by atoms with Crippen LogP contribution in [0, 0.1) is 11.6 Å². The Morgan fingerprint density at radius 2 is 1.86 bits per heavy atom. The zero-order valence-corrected chi connectivity index (χ0v) is 15.8. The first kappa shape index (κ1) is 20.3. The fraction of sp³-hybridized carbons (Fsp3) is 0.105. The maximum atomic E-state index is 13.7. The molecule has 2 aromatic heterocycles. The normalized spacial score (nSPS) is 11.2. The van der Waals surface area contributed by atoms with E-state index in [9.17, 15) is 13.6 Å². The summed E-state index contributed by atoms with van der Waals surface area (Å²) in [6, 6.07) is 6.29. The Morgan fingerprint density at radius 1 is 1.14 bits per heavy atom. The predicted octanol–water partition coefficient (Wildman–Crippen LogP) is 4.25. The quantitative estimate of drug-likeness (QED) is 0.478. The summed E-state index contributed by atoms with van der Waals surface area (Å²) in [5.41, 5.74) is 0.475. The maximum absolute atomic E-state index is 13.7. The maximum Gasteiger partial charge on any atom is 0.286 e. The third kappa shape index (κ3) is 4.88. The van der Waals surface area contributed by atoms with E-state index in [1.165, 1.54) is 30.7 Å². The van der Waals surface area contributed by atoms with E-state index in [1.807, 2.05) is 6.92 Å². The Bertz CT molecular complexity index is 1040. The van der Waals surface area contributed by atoms with Gasteiger partial charge in [-0.3, -0.25) is 4.79 Å². The summed E-state index contributed by atoms with van der Waals surface area (Å²) in [6.07, 6.45) is 4.78. The summed E-state index contributed by atoms with van der Waals surface area (Å²) in [6.45, 7) is 1.86. The van der Waals surface area contributed by atoms with Gasteiger partial charge in [0.05, 0.1) is 5.71 Å². The second-order valence-electron chi connectivity index (χ2n) is 5.62. The van der Waals surface area contributed by atoms with Crippen molar-refractivity contribution in [1.82, 2.24) is 15.0 Å². The molecule has 0 saturated carbocycles. The monoisotopic (exact) mass is 417 g/mol. The number of pyridine rings is 1. The number of anilines is 1. The minimum atomic E-state index is -0.959. The van der Waals surface area contributed by atoms with Gasteiger partial charge < -0.3 is 10.2 Å². The van der Waals surface area contributed by atoms with Gasteiger partial charge in [-0.25, -0.2) is 23.7 Å². The molecule has 0 radical (unpaired) electrons. The summed E-state index contributed by atoms with van der Waals surface area (Å²) in [5.74, 6) is -2.68. The van der Waals surface area contributed by atoms with Gasteiger partial charge in [0.25, 0.3) is 11.8 Å². The van der Waals surface area contributed by atoms with Crippen molar-refractivity contribution in [2.45, 2.75) is 13.3 Å². The Labute approximate surface area is 169 Å². The molecule has 10 heteroatoms. The molecule has 1 N–H and O–H groups in total. The number of carbonyl (C=O) groups excluding carboxylic acids is 1. The van der Waals surface area contributed by atoms with Crippen LogP contribution in [0.1, 0.15) is 29.3 Å². The van der Waals surface area contributed by atoms with Crippen LogP contribution in [0.2, 0.25) is 5.15 Å². The summed E-state index contributed by atoms with van der Waals surface area (Å²) < 4.78 is 27.4.